The van der Waals surface area contributed by atoms with Crippen molar-refractivity contribution in [2.45, 2.75) is 45.4 Å². The Bertz CT molecular complexity index is 565. The zero-order valence-electron chi connectivity index (χ0n) is 11.5. The molecule has 0 unspecified atom stereocenters. The molecule has 1 rings (SSSR count). The fourth-order valence-corrected chi connectivity index (χ4v) is 1.65. The van der Waals surface area contributed by atoms with Gasteiger partial charge in [-0.25, -0.2) is 4.68 Å². The molecule has 0 aliphatic carbocycles. The van der Waals surface area contributed by atoms with E-state index in [1.54, 1.807) is 13.8 Å². The first-order valence-electron chi connectivity index (χ1n) is 5.80. The third-order valence-corrected chi connectivity index (χ3v) is 3.97. The second kappa shape index (κ2) is 5.35. The maximum Gasteiger partial charge on any atom is 0.284 e. The van der Waals surface area contributed by atoms with Crippen LogP contribution >= 0.6 is 15.9 Å². The number of hydrogen-bond donors (Lipinski definition) is 2. The number of halogens is 1. The normalized spacial score (nSPS) is 12.1. The van der Waals surface area contributed by atoms with E-state index in [-0.39, 0.29) is 12.1 Å². The summed E-state index contributed by atoms with van der Waals surface area (Å²) in [5, 5.41) is 17.2. The minimum atomic E-state index is -0.972. The Kier molecular flexibility index (Phi) is 4.43. The van der Waals surface area contributed by atoms with Crippen LogP contribution in [0.4, 0.5) is 5.69 Å². The summed E-state index contributed by atoms with van der Waals surface area (Å²) in [7, 11) is 0. The average molecular weight is 328 g/mol. The first-order chi connectivity index (χ1) is 8.60. The molecule has 0 saturated heterocycles. The van der Waals surface area contributed by atoms with Crippen molar-refractivity contribution >= 4 is 21.6 Å². The van der Waals surface area contributed by atoms with Gasteiger partial charge in [0.05, 0.1) is 23.0 Å². The van der Waals surface area contributed by atoms with Gasteiger partial charge in [0, 0.05) is 0 Å². The summed E-state index contributed by atoms with van der Waals surface area (Å²) in [6.45, 7) is 7.19. The highest BCUT2D eigenvalue weighted by Gasteiger charge is 2.35. The fraction of sp³-hybridized carbons (Fsp3) is 0.538. The number of terminal acetylenes is 1. The number of aromatic nitrogens is 2. The van der Waals surface area contributed by atoms with Crippen LogP contribution in [0.25, 0.3) is 0 Å². The second-order valence-corrected chi connectivity index (χ2v) is 6.14. The highest BCUT2D eigenvalue weighted by atomic mass is 79.9. The zero-order chi connectivity index (χ0) is 14.8. The van der Waals surface area contributed by atoms with Crippen molar-refractivity contribution in [2.75, 3.05) is 5.32 Å². The molecule has 2 N–H and O–H groups in total. The van der Waals surface area contributed by atoms with Crippen LogP contribution in [0.15, 0.2) is 15.5 Å². The molecule has 5 nitrogen and oxygen atoms in total. The molecule has 6 heteroatoms. The number of nitrogens with zero attached hydrogens (tertiary/aromatic N) is 2. The maximum absolute atomic E-state index is 12.0. The predicted molar refractivity (Wildman–Crippen MR) is 79.0 cm³/mol. The summed E-state index contributed by atoms with van der Waals surface area (Å²) in [6, 6.07) is 0. The Balaban J connectivity index is 3.16. The largest absolute Gasteiger partial charge is 0.388 e. The van der Waals surface area contributed by atoms with Crippen molar-refractivity contribution in [3.8, 4) is 12.3 Å². The standard InChI is InChI=1S/C13H18BrN3O2/c1-6-7-17-11(18)10(14)9(8-15-17)16-12(2,3)13(4,5)19/h1,8,16,19H,7H2,2-5H3. The second-order valence-electron chi connectivity index (χ2n) is 5.35. The van der Waals surface area contributed by atoms with Crippen molar-refractivity contribution in [1.82, 2.24) is 9.78 Å². The molecule has 0 radical (unpaired) electrons. The molecule has 19 heavy (non-hydrogen) atoms. The lowest BCUT2D eigenvalue weighted by atomic mass is 9.86. The fourth-order valence-electron chi connectivity index (χ4n) is 1.24. The van der Waals surface area contributed by atoms with Gasteiger partial charge in [0.15, 0.2) is 0 Å². The number of hydrogen-bond acceptors (Lipinski definition) is 4. The summed E-state index contributed by atoms with van der Waals surface area (Å²) in [4.78, 5) is 12.0. The van der Waals surface area contributed by atoms with Gasteiger partial charge in [0.2, 0.25) is 0 Å². The van der Waals surface area contributed by atoms with Crippen LogP contribution in [0.3, 0.4) is 0 Å². The minimum Gasteiger partial charge on any atom is -0.388 e. The smallest absolute Gasteiger partial charge is 0.284 e. The van der Waals surface area contributed by atoms with Gasteiger partial charge in [-0.3, -0.25) is 4.79 Å². The molecule has 0 saturated carbocycles. The van der Waals surface area contributed by atoms with Crippen LogP contribution in [0, 0.1) is 12.3 Å². The topological polar surface area (TPSA) is 67.2 Å². The lowest BCUT2D eigenvalue weighted by molar-refractivity contribution is 0.0240. The Labute approximate surface area is 121 Å². The average Bonchev–Trinajstić information content (AvgIpc) is 2.27. The van der Waals surface area contributed by atoms with Gasteiger partial charge >= 0.3 is 0 Å². The van der Waals surface area contributed by atoms with Crippen LogP contribution in [-0.4, -0.2) is 26.0 Å². The van der Waals surface area contributed by atoms with E-state index in [9.17, 15) is 9.90 Å². The lowest BCUT2D eigenvalue weighted by Gasteiger charge is -2.38. The van der Waals surface area contributed by atoms with E-state index in [2.05, 4.69) is 32.3 Å². The quantitative estimate of drug-likeness (QED) is 0.824. The van der Waals surface area contributed by atoms with E-state index in [4.69, 9.17) is 6.42 Å². The molecule has 0 amide bonds. The SMILES string of the molecule is C#CCn1ncc(NC(C)(C)C(C)(C)O)c(Br)c1=O. The molecular formula is C13H18BrN3O2. The summed E-state index contributed by atoms with van der Waals surface area (Å²) >= 11 is 3.23. The number of aliphatic hydroxyl groups is 1. The summed E-state index contributed by atoms with van der Waals surface area (Å²) in [6.07, 6.45) is 6.67. The molecule has 0 aliphatic rings. The Morgan fingerprint density at radius 3 is 2.58 bits per heavy atom. The lowest BCUT2D eigenvalue weighted by Crippen LogP contribution is -2.51. The van der Waals surface area contributed by atoms with E-state index in [0.29, 0.717) is 10.2 Å². The zero-order valence-corrected chi connectivity index (χ0v) is 13.1. The Hall–Kier alpha value is -1.32. The van der Waals surface area contributed by atoms with Crippen molar-refractivity contribution < 1.29 is 5.11 Å². The van der Waals surface area contributed by atoms with Crippen molar-refractivity contribution in [3.05, 3.63) is 21.0 Å². The van der Waals surface area contributed by atoms with E-state index in [1.165, 1.54) is 10.9 Å². The molecular weight excluding hydrogens is 310 g/mol. The molecule has 104 valence electrons. The van der Waals surface area contributed by atoms with E-state index in [0.717, 1.165) is 0 Å². The van der Waals surface area contributed by atoms with Crippen molar-refractivity contribution in [1.29, 1.82) is 0 Å². The van der Waals surface area contributed by atoms with Gasteiger partial charge in [-0.1, -0.05) is 5.92 Å². The third-order valence-electron chi connectivity index (χ3n) is 3.20. The minimum absolute atomic E-state index is 0.118. The van der Waals surface area contributed by atoms with Gasteiger partial charge in [-0.05, 0) is 43.6 Å². The third kappa shape index (κ3) is 3.37. The molecule has 0 bridgehead atoms. The highest BCUT2D eigenvalue weighted by Crippen LogP contribution is 2.28. The van der Waals surface area contributed by atoms with Crippen LogP contribution in [0.5, 0.6) is 0 Å². The monoisotopic (exact) mass is 327 g/mol. The summed E-state index contributed by atoms with van der Waals surface area (Å²) in [5.41, 5.74) is -1.40. The predicted octanol–water partition coefficient (Wildman–Crippen LogP) is 1.60. The summed E-state index contributed by atoms with van der Waals surface area (Å²) in [5.74, 6) is 2.36. The van der Waals surface area contributed by atoms with Crippen LogP contribution < -0.4 is 10.9 Å². The molecule has 0 atom stereocenters. The molecule has 0 aromatic carbocycles. The molecule has 0 fully saturated rings. The van der Waals surface area contributed by atoms with Gasteiger partial charge in [-0.2, -0.15) is 5.10 Å². The Morgan fingerprint density at radius 2 is 2.11 bits per heavy atom. The molecule has 1 heterocycles. The molecule has 0 aliphatic heterocycles. The van der Waals surface area contributed by atoms with Crippen molar-refractivity contribution in [2.24, 2.45) is 0 Å². The van der Waals surface area contributed by atoms with Gasteiger partial charge in [0.25, 0.3) is 5.56 Å². The van der Waals surface area contributed by atoms with Gasteiger partial charge < -0.3 is 10.4 Å². The molecule has 1 aromatic heterocycles. The highest BCUT2D eigenvalue weighted by molar-refractivity contribution is 9.10. The van der Waals surface area contributed by atoms with Crippen LogP contribution in [0.1, 0.15) is 27.7 Å². The molecule has 0 spiro atoms. The van der Waals surface area contributed by atoms with E-state index < -0.39 is 11.1 Å². The first-order valence-corrected chi connectivity index (χ1v) is 6.59. The number of anilines is 1. The van der Waals surface area contributed by atoms with E-state index >= 15 is 0 Å². The van der Waals surface area contributed by atoms with Gasteiger partial charge in [-0.15, -0.1) is 6.42 Å². The maximum atomic E-state index is 12.0. The van der Waals surface area contributed by atoms with E-state index in [1.807, 2.05) is 13.8 Å². The number of rotatable bonds is 4. The van der Waals surface area contributed by atoms with Gasteiger partial charge in [0.1, 0.15) is 11.0 Å². The van der Waals surface area contributed by atoms with Crippen LogP contribution in [-0.2, 0) is 6.54 Å². The number of nitrogens with one attached hydrogen (secondary N) is 1. The van der Waals surface area contributed by atoms with Crippen molar-refractivity contribution in [3.63, 3.8) is 0 Å². The van der Waals surface area contributed by atoms with Crippen LogP contribution in [0.2, 0.25) is 0 Å². The molecule has 1 aromatic rings. The first kappa shape index (κ1) is 15.7. The summed E-state index contributed by atoms with van der Waals surface area (Å²) < 4.78 is 1.53. The Morgan fingerprint density at radius 1 is 1.53 bits per heavy atom.